The molecule has 88 valence electrons. The van der Waals surface area contributed by atoms with Crippen LogP contribution in [0.3, 0.4) is 0 Å². The number of H-pyrrole nitrogens is 1. The van der Waals surface area contributed by atoms with E-state index in [-0.39, 0.29) is 5.56 Å². The largest absolute Gasteiger partial charge is 0.333 e. The average Bonchev–Trinajstić information content (AvgIpc) is 2.40. The number of benzene rings is 1. The Morgan fingerprint density at radius 3 is 2.50 bits per heavy atom. The Bertz CT molecular complexity index is 819. The van der Waals surface area contributed by atoms with Crippen LogP contribution in [0.5, 0.6) is 0 Å². The van der Waals surface area contributed by atoms with Crippen LogP contribution < -0.4 is 11.2 Å². The Kier molecular flexibility index (Phi) is 2.30. The Morgan fingerprint density at radius 2 is 1.72 bits per heavy atom. The summed E-state index contributed by atoms with van der Waals surface area (Å²) in [6.07, 6.45) is 3.08. The second-order valence-corrected chi connectivity index (χ2v) is 3.82. The van der Waals surface area contributed by atoms with E-state index in [2.05, 4.69) is 9.97 Å². The van der Waals surface area contributed by atoms with Crippen LogP contribution in [0, 0.1) is 0 Å². The molecule has 0 amide bonds. The molecule has 3 rings (SSSR count). The van der Waals surface area contributed by atoms with E-state index in [1.165, 1.54) is 12.4 Å². The molecule has 2 heterocycles. The predicted molar refractivity (Wildman–Crippen MR) is 68.0 cm³/mol. The molecule has 0 unspecified atom stereocenters. The summed E-state index contributed by atoms with van der Waals surface area (Å²) in [6, 6.07) is 10.2. The first-order valence-electron chi connectivity index (χ1n) is 5.42. The predicted octanol–water partition coefficient (Wildman–Crippen LogP) is 1.07. The molecule has 0 saturated heterocycles. The highest BCUT2D eigenvalue weighted by Crippen LogP contribution is 2.05. The third-order valence-electron chi connectivity index (χ3n) is 2.73. The molecule has 2 aromatic heterocycles. The third kappa shape index (κ3) is 1.53. The molecule has 0 saturated carbocycles. The van der Waals surface area contributed by atoms with E-state index in [0.29, 0.717) is 16.6 Å². The van der Waals surface area contributed by atoms with E-state index in [0.717, 1.165) is 4.57 Å². The third-order valence-corrected chi connectivity index (χ3v) is 2.73. The van der Waals surface area contributed by atoms with Crippen LogP contribution in [0.2, 0.25) is 0 Å². The number of fused-ring (bicyclic) bond motifs is 1. The van der Waals surface area contributed by atoms with Crippen molar-refractivity contribution in [2.45, 2.75) is 0 Å². The number of hydrogen-bond acceptors (Lipinski definition) is 3. The van der Waals surface area contributed by atoms with Crippen LogP contribution in [-0.4, -0.2) is 14.5 Å². The smallest absolute Gasteiger partial charge is 0.306 e. The van der Waals surface area contributed by atoms with Crippen LogP contribution in [-0.2, 0) is 0 Å². The maximum Gasteiger partial charge on any atom is 0.333 e. The molecule has 0 spiro atoms. The molecule has 0 fully saturated rings. The topological polar surface area (TPSA) is 67.8 Å². The van der Waals surface area contributed by atoms with Gasteiger partial charge in [0.25, 0.3) is 5.56 Å². The lowest BCUT2D eigenvalue weighted by Crippen LogP contribution is -2.33. The van der Waals surface area contributed by atoms with Crippen molar-refractivity contribution in [2.75, 3.05) is 0 Å². The molecule has 0 radical (unpaired) electrons. The minimum Gasteiger partial charge on any atom is -0.306 e. The SMILES string of the molecule is O=c1[nH]c2ccccc2c(=O)n1-c1ccncc1. The van der Waals surface area contributed by atoms with E-state index in [9.17, 15) is 9.59 Å². The summed E-state index contributed by atoms with van der Waals surface area (Å²) >= 11 is 0. The second-order valence-electron chi connectivity index (χ2n) is 3.82. The molecule has 0 aliphatic carbocycles. The van der Waals surface area contributed by atoms with Crippen molar-refractivity contribution in [2.24, 2.45) is 0 Å². The van der Waals surface area contributed by atoms with E-state index >= 15 is 0 Å². The van der Waals surface area contributed by atoms with Gasteiger partial charge < -0.3 is 4.98 Å². The molecule has 5 nitrogen and oxygen atoms in total. The fourth-order valence-electron chi connectivity index (χ4n) is 1.89. The molecular formula is C13H9N3O2. The van der Waals surface area contributed by atoms with Crippen molar-refractivity contribution in [1.29, 1.82) is 0 Å². The molecule has 1 aromatic carbocycles. The summed E-state index contributed by atoms with van der Waals surface area (Å²) in [5, 5.41) is 0.480. The second kappa shape index (κ2) is 3.96. The van der Waals surface area contributed by atoms with Crippen molar-refractivity contribution in [3.63, 3.8) is 0 Å². The van der Waals surface area contributed by atoms with E-state index < -0.39 is 5.69 Å². The maximum atomic E-state index is 12.3. The van der Waals surface area contributed by atoms with Crippen LogP contribution >= 0.6 is 0 Å². The summed E-state index contributed by atoms with van der Waals surface area (Å²) in [5.41, 5.74) is 0.255. The number of nitrogens with zero attached hydrogens (tertiary/aromatic N) is 2. The summed E-state index contributed by atoms with van der Waals surface area (Å²) in [7, 11) is 0. The van der Waals surface area contributed by atoms with Gasteiger partial charge in [-0.15, -0.1) is 0 Å². The lowest BCUT2D eigenvalue weighted by Gasteiger charge is -2.05. The molecule has 5 heteroatoms. The standard InChI is InChI=1S/C13H9N3O2/c17-12-10-3-1-2-4-11(10)15-13(18)16(12)9-5-7-14-8-6-9/h1-8H,(H,15,18). The first kappa shape index (κ1) is 10.5. The van der Waals surface area contributed by atoms with Gasteiger partial charge in [-0.2, -0.15) is 0 Å². The molecule has 0 aliphatic rings. The maximum absolute atomic E-state index is 12.3. The number of pyridine rings is 1. The number of aromatic amines is 1. The Labute approximate surface area is 101 Å². The zero-order chi connectivity index (χ0) is 12.5. The van der Waals surface area contributed by atoms with Gasteiger partial charge in [-0.25, -0.2) is 9.36 Å². The van der Waals surface area contributed by atoms with Gasteiger partial charge in [-0.05, 0) is 24.3 Å². The molecule has 18 heavy (non-hydrogen) atoms. The molecule has 0 atom stereocenters. The Balaban J connectivity index is 2.45. The van der Waals surface area contributed by atoms with Crippen molar-refractivity contribution in [1.82, 2.24) is 14.5 Å². The zero-order valence-electron chi connectivity index (χ0n) is 9.33. The van der Waals surface area contributed by atoms with Gasteiger partial charge in [0, 0.05) is 12.4 Å². The lowest BCUT2D eigenvalue weighted by atomic mass is 10.2. The van der Waals surface area contributed by atoms with Crippen molar-refractivity contribution in [3.05, 3.63) is 69.6 Å². The Hall–Kier alpha value is -2.69. The highest BCUT2D eigenvalue weighted by Gasteiger charge is 2.08. The van der Waals surface area contributed by atoms with Gasteiger partial charge in [0.1, 0.15) is 0 Å². The van der Waals surface area contributed by atoms with Gasteiger partial charge in [0.15, 0.2) is 0 Å². The van der Waals surface area contributed by atoms with Crippen LogP contribution in [0.25, 0.3) is 16.6 Å². The number of hydrogen-bond donors (Lipinski definition) is 1. The summed E-state index contributed by atoms with van der Waals surface area (Å²) in [4.78, 5) is 30.8. The quantitative estimate of drug-likeness (QED) is 0.690. The molecule has 3 aromatic rings. The van der Waals surface area contributed by atoms with Crippen LogP contribution in [0.15, 0.2) is 58.4 Å². The summed E-state index contributed by atoms with van der Waals surface area (Å²) in [6.45, 7) is 0. The summed E-state index contributed by atoms with van der Waals surface area (Å²) < 4.78 is 1.10. The monoisotopic (exact) mass is 239 g/mol. The van der Waals surface area contributed by atoms with E-state index in [1.807, 2.05) is 0 Å². The van der Waals surface area contributed by atoms with Gasteiger partial charge in [-0.1, -0.05) is 12.1 Å². The molecule has 0 bridgehead atoms. The zero-order valence-corrected chi connectivity index (χ0v) is 9.33. The Morgan fingerprint density at radius 1 is 1.00 bits per heavy atom. The first-order chi connectivity index (χ1) is 8.77. The number of rotatable bonds is 1. The highest BCUT2D eigenvalue weighted by molar-refractivity contribution is 5.77. The van der Waals surface area contributed by atoms with Gasteiger partial charge in [0.05, 0.1) is 16.6 Å². The minimum absolute atomic E-state index is 0.333. The minimum atomic E-state index is -0.454. The highest BCUT2D eigenvalue weighted by atomic mass is 16.2. The van der Waals surface area contributed by atoms with Crippen LogP contribution in [0.4, 0.5) is 0 Å². The number of aromatic nitrogens is 3. The lowest BCUT2D eigenvalue weighted by molar-refractivity contribution is 0.898. The van der Waals surface area contributed by atoms with Gasteiger partial charge in [0.2, 0.25) is 0 Å². The van der Waals surface area contributed by atoms with Gasteiger partial charge >= 0.3 is 5.69 Å². The van der Waals surface area contributed by atoms with Crippen molar-refractivity contribution in [3.8, 4) is 5.69 Å². The van der Waals surface area contributed by atoms with E-state index in [4.69, 9.17) is 0 Å². The van der Waals surface area contributed by atoms with Gasteiger partial charge in [-0.3, -0.25) is 9.78 Å². The molecule has 0 aliphatic heterocycles. The van der Waals surface area contributed by atoms with Crippen molar-refractivity contribution < 1.29 is 0 Å². The fraction of sp³-hybridized carbons (Fsp3) is 0. The molecule has 1 N–H and O–H groups in total. The summed E-state index contributed by atoms with van der Waals surface area (Å²) in [5.74, 6) is 0. The van der Waals surface area contributed by atoms with E-state index in [1.54, 1.807) is 36.4 Å². The normalized spacial score (nSPS) is 10.7. The van der Waals surface area contributed by atoms with Crippen LogP contribution in [0.1, 0.15) is 0 Å². The average molecular weight is 239 g/mol. The number of para-hydroxylation sites is 1. The number of nitrogens with one attached hydrogen (secondary N) is 1. The van der Waals surface area contributed by atoms with Crippen molar-refractivity contribution >= 4 is 10.9 Å². The molecular weight excluding hydrogens is 230 g/mol. The first-order valence-corrected chi connectivity index (χ1v) is 5.42. The fourth-order valence-corrected chi connectivity index (χ4v) is 1.89.